The van der Waals surface area contributed by atoms with Crippen molar-refractivity contribution in [3.05, 3.63) is 26.8 Å². The molecule has 110 valence electrons. The van der Waals surface area contributed by atoms with Gasteiger partial charge in [-0.2, -0.15) is 0 Å². The van der Waals surface area contributed by atoms with Crippen LogP contribution in [-0.4, -0.2) is 17.6 Å². The van der Waals surface area contributed by atoms with Crippen LogP contribution in [-0.2, 0) is 20.9 Å². The van der Waals surface area contributed by atoms with Crippen LogP contribution in [0, 0.1) is 3.57 Å². The van der Waals surface area contributed by atoms with Crippen molar-refractivity contribution in [2.24, 2.45) is 0 Å². The van der Waals surface area contributed by atoms with Gasteiger partial charge in [-0.05, 0) is 0 Å². The first-order valence-corrected chi connectivity index (χ1v) is 11.6. The van der Waals surface area contributed by atoms with Gasteiger partial charge in [0.05, 0.1) is 0 Å². The molecule has 1 aromatic rings. The van der Waals surface area contributed by atoms with Gasteiger partial charge in [0, 0.05) is 0 Å². The van der Waals surface area contributed by atoms with Crippen molar-refractivity contribution in [2.75, 3.05) is 17.6 Å². The fraction of sp³-hybridized carbons (Fsp3) is 0.500. The Hall–Kier alpha value is 0.610. The van der Waals surface area contributed by atoms with E-state index in [0.29, 0.717) is 24.0 Å². The molecule has 0 fully saturated rings. The normalized spacial score (nSPS) is 11.8. The van der Waals surface area contributed by atoms with E-state index in [-0.39, 0.29) is 21.2 Å². The molecular weight excluding hydrogens is 418 g/mol. The molecule has 19 heavy (non-hydrogen) atoms. The summed E-state index contributed by atoms with van der Waals surface area (Å²) in [4.78, 5) is 0. The Morgan fingerprint density at radius 3 is 2.32 bits per heavy atom. The van der Waals surface area contributed by atoms with E-state index in [1.54, 1.807) is 0 Å². The molecule has 3 nitrogen and oxygen atoms in total. The second kappa shape index (κ2) is 8.80. The van der Waals surface area contributed by atoms with Crippen LogP contribution in [0.5, 0.6) is 5.75 Å². The molecule has 0 aliphatic rings. The molecule has 0 unspecified atom stereocenters. The third kappa shape index (κ3) is 5.86. The molecule has 0 atom stereocenters. The van der Waals surface area contributed by atoms with Crippen LogP contribution in [0.3, 0.4) is 0 Å². The average Bonchev–Trinajstić information content (AvgIpc) is 2.34. The van der Waals surface area contributed by atoms with Crippen molar-refractivity contribution in [1.29, 1.82) is 0 Å². The van der Waals surface area contributed by atoms with Crippen LogP contribution in [0.15, 0.2) is 18.2 Å². The van der Waals surface area contributed by atoms with Gasteiger partial charge in [0.2, 0.25) is 0 Å². The molecular formula is C12H18ClIO3PS-. The quantitative estimate of drug-likeness (QED) is 0.350. The predicted molar refractivity (Wildman–Crippen MR) is 78.9 cm³/mol. The van der Waals surface area contributed by atoms with Gasteiger partial charge in [-0.1, -0.05) is 0 Å². The van der Waals surface area contributed by atoms with E-state index in [2.05, 4.69) is 6.92 Å². The van der Waals surface area contributed by atoms with E-state index in [1.165, 1.54) is 8.00 Å². The van der Waals surface area contributed by atoms with Crippen molar-refractivity contribution in [3.63, 3.8) is 0 Å². The first-order chi connectivity index (χ1) is 9.04. The van der Waals surface area contributed by atoms with Crippen LogP contribution in [0.25, 0.3) is 0 Å². The Bertz CT molecular complexity index is 449. The van der Waals surface area contributed by atoms with Crippen LogP contribution in [0.2, 0.25) is 5.02 Å². The van der Waals surface area contributed by atoms with Crippen molar-refractivity contribution in [3.8, 4) is 5.75 Å². The molecule has 0 bridgehead atoms. The summed E-state index contributed by atoms with van der Waals surface area (Å²) >= 11 is 11.6. The second-order valence-corrected chi connectivity index (χ2v) is 10.2. The molecule has 0 aliphatic heterocycles. The van der Waals surface area contributed by atoms with E-state index < -0.39 is 6.72 Å². The SMILES string of the molecule is CCOP(=S)(OCC)Oc1ccc([I-]CC)cc1Cl. The predicted octanol–water partition coefficient (Wildman–Crippen LogP) is 1.29. The molecule has 0 heterocycles. The first kappa shape index (κ1) is 17.7. The Morgan fingerprint density at radius 1 is 1.21 bits per heavy atom. The average molecular weight is 436 g/mol. The minimum absolute atomic E-state index is 0.0328. The Labute approximate surface area is 135 Å². The minimum atomic E-state index is -2.74. The van der Waals surface area contributed by atoms with Crippen molar-refractivity contribution in [1.82, 2.24) is 0 Å². The standard InChI is InChI=1S/C12H18ClIO3PS/c1-4-14-10-7-8-12(11(13)9-10)17-18(19,15-5-2)16-6-3/h7-9H,4-6H2,1-3H3/q-1. The van der Waals surface area contributed by atoms with Gasteiger partial charge in [-0.25, -0.2) is 0 Å². The molecule has 0 amide bonds. The van der Waals surface area contributed by atoms with Crippen LogP contribution in [0.1, 0.15) is 20.8 Å². The van der Waals surface area contributed by atoms with Crippen molar-refractivity contribution >= 4 is 30.1 Å². The molecule has 1 rings (SSSR count). The van der Waals surface area contributed by atoms with Gasteiger partial charge < -0.3 is 0 Å². The zero-order valence-corrected chi connectivity index (χ0v) is 15.8. The molecule has 0 N–H and O–H groups in total. The molecule has 0 saturated carbocycles. The Balaban J connectivity index is 2.88. The van der Waals surface area contributed by atoms with Gasteiger partial charge in [-0.15, -0.1) is 0 Å². The number of halogens is 2. The summed E-state index contributed by atoms with van der Waals surface area (Å²) in [6.45, 7) is 4.06. The second-order valence-electron chi connectivity index (χ2n) is 3.35. The monoisotopic (exact) mass is 435 g/mol. The fourth-order valence-corrected chi connectivity index (χ4v) is 5.70. The molecule has 0 radical (unpaired) electrons. The van der Waals surface area contributed by atoms with Gasteiger partial charge in [0.1, 0.15) is 0 Å². The maximum absolute atomic E-state index is 6.22. The summed E-state index contributed by atoms with van der Waals surface area (Å²) in [5.41, 5.74) is 0. The van der Waals surface area contributed by atoms with Gasteiger partial charge in [0.15, 0.2) is 0 Å². The summed E-state index contributed by atoms with van der Waals surface area (Å²) in [6.07, 6.45) is 0. The number of alkyl halides is 1. The zero-order valence-electron chi connectivity index (χ0n) is 11.2. The number of hydrogen-bond acceptors (Lipinski definition) is 4. The third-order valence-corrected chi connectivity index (χ3v) is 7.00. The molecule has 0 saturated heterocycles. The van der Waals surface area contributed by atoms with Crippen molar-refractivity contribution in [2.45, 2.75) is 20.8 Å². The Kier molecular flexibility index (Phi) is 8.18. The molecule has 1 aromatic carbocycles. The molecule has 0 aromatic heterocycles. The maximum atomic E-state index is 6.22. The van der Waals surface area contributed by atoms with Gasteiger partial charge in [-0.3, -0.25) is 0 Å². The molecule has 0 spiro atoms. The van der Waals surface area contributed by atoms with Gasteiger partial charge in [0.25, 0.3) is 0 Å². The summed E-state index contributed by atoms with van der Waals surface area (Å²) < 4.78 is 19.1. The summed E-state index contributed by atoms with van der Waals surface area (Å²) in [6, 6.07) is 5.84. The number of hydrogen-bond donors (Lipinski definition) is 0. The topological polar surface area (TPSA) is 27.7 Å². The zero-order chi connectivity index (χ0) is 14.3. The summed E-state index contributed by atoms with van der Waals surface area (Å²) in [7, 11) is 0. The Morgan fingerprint density at radius 2 is 1.84 bits per heavy atom. The van der Waals surface area contributed by atoms with Crippen LogP contribution >= 0.6 is 18.3 Å². The van der Waals surface area contributed by atoms with E-state index in [1.807, 2.05) is 32.0 Å². The summed E-state index contributed by atoms with van der Waals surface area (Å²) in [5, 5.41) is 0.569. The van der Waals surface area contributed by atoms with Gasteiger partial charge >= 0.3 is 136 Å². The van der Waals surface area contributed by atoms with E-state index in [0.717, 1.165) is 0 Å². The summed E-state index contributed by atoms with van der Waals surface area (Å²) in [5.74, 6) is 0.538. The van der Waals surface area contributed by atoms with Crippen molar-refractivity contribution < 1.29 is 34.8 Å². The third-order valence-electron chi connectivity index (χ3n) is 1.97. The number of benzene rings is 1. The fourth-order valence-electron chi connectivity index (χ4n) is 1.31. The van der Waals surface area contributed by atoms with E-state index in [9.17, 15) is 0 Å². The number of rotatable bonds is 8. The molecule has 0 aliphatic carbocycles. The van der Waals surface area contributed by atoms with Crippen LogP contribution < -0.4 is 25.7 Å². The van der Waals surface area contributed by atoms with E-state index >= 15 is 0 Å². The van der Waals surface area contributed by atoms with Crippen LogP contribution in [0.4, 0.5) is 0 Å². The first-order valence-electron chi connectivity index (χ1n) is 6.02. The van der Waals surface area contributed by atoms with E-state index in [4.69, 9.17) is 37.0 Å². The molecule has 7 heteroatoms.